The van der Waals surface area contributed by atoms with Gasteiger partial charge in [-0.1, -0.05) is 6.07 Å². The van der Waals surface area contributed by atoms with Crippen LogP contribution in [0.15, 0.2) is 42.0 Å². The Labute approximate surface area is 163 Å². The molecule has 0 aliphatic carbocycles. The van der Waals surface area contributed by atoms with Crippen LogP contribution in [-0.2, 0) is 4.79 Å². The van der Waals surface area contributed by atoms with Gasteiger partial charge in [0, 0.05) is 11.8 Å². The topological polar surface area (TPSA) is 89.8 Å². The Balaban J connectivity index is 1.80. The van der Waals surface area contributed by atoms with Gasteiger partial charge in [-0.25, -0.2) is 0 Å². The number of carbonyl (C=O) groups is 1. The first-order chi connectivity index (χ1) is 13.6. The number of amides is 1. The first-order valence-electron chi connectivity index (χ1n) is 8.87. The van der Waals surface area contributed by atoms with Gasteiger partial charge in [-0.05, 0) is 49.8 Å². The van der Waals surface area contributed by atoms with Crippen LogP contribution in [0.5, 0.6) is 23.0 Å². The van der Waals surface area contributed by atoms with Gasteiger partial charge in [-0.15, -0.1) is 0 Å². The van der Waals surface area contributed by atoms with E-state index in [9.17, 15) is 10.1 Å². The van der Waals surface area contributed by atoms with Crippen molar-refractivity contribution in [3.63, 3.8) is 0 Å². The van der Waals surface area contributed by atoms with E-state index < -0.39 is 5.91 Å². The fourth-order valence-corrected chi connectivity index (χ4v) is 2.65. The normalized spacial score (nSPS) is 12.2. The summed E-state index contributed by atoms with van der Waals surface area (Å²) in [4.78, 5) is 12.5. The van der Waals surface area contributed by atoms with Crippen LogP contribution in [0.2, 0.25) is 0 Å². The van der Waals surface area contributed by atoms with Crippen LogP contribution in [0.4, 0.5) is 5.69 Å². The molecule has 0 atom stereocenters. The van der Waals surface area contributed by atoms with Gasteiger partial charge in [0.15, 0.2) is 23.0 Å². The van der Waals surface area contributed by atoms with Crippen molar-refractivity contribution in [1.29, 1.82) is 5.26 Å². The molecule has 7 nitrogen and oxygen atoms in total. The van der Waals surface area contributed by atoms with Crippen LogP contribution < -0.4 is 24.3 Å². The van der Waals surface area contributed by atoms with Gasteiger partial charge in [-0.3, -0.25) is 4.79 Å². The molecule has 1 aliphatic heterocycles. The van der Waals surface area contributed by atoms with Crippen molar-refractivity contribution in [2.24, 2.45) is 0 Å². The van der Waals surface area contributed by atoms with Crippen molar-refractivity contribution in [2.75, 3.05) is 25.3 Å². The number of rotatable bonds is 7. The SMILES string of the molecule is CCOc1ccc(/C=C(/C#N)C(=O)Nc2ccc3c(c2)OCO3)cc1OCC. The lowest BCUT2D eigenvalue weighted by Crippen LogP contribution is -2.13. The Hall–Kier alpha value is -3.66. The van der Waals surface area contributed by atoms with E-state index in [1.165, 1.54) is 6.08 Å². The average Bonchev–Trinajstić information content (AvgIpc) is 3.16. The van der Waals surface area contributed by atoms with Gasteiger partial charge in [-0.2, -0.15) is 5.26 Å². The van der Waals surface area contributed by atoms with Crippen LogP contribution in [0, 0.1) is 11.3 Å². The molecule has 1 heterocycles. The number of nitrogens with zero attached hydrogens (tertiary/aromatic N) is 1. The number of benzene rings is 2. The molecular weight excluding hydrogens is 360 g/mol. The summed E-state index contributed by atoms with van der Waals surface area (Å²) in [5.74, 6) is 1.82. The van der Waals surface area contributed by atoms with E-state index in [4.69, 9.17) is 18.9 Å². The summed E-state index contributed by atoms with van der Waals surface area (Å²) in [5.41, 5.74) is 1.13. The van der Waals surface area contributed by atoms with Crippen molar-refractivity contribution in [3.05, 3.63) is 47.5 Å². The van der Waals surface area contributed by atoms with E-state index in [1.54, 1.807) is 36.4 Å². The molecule has 28 heavy (non-hydrogen) atoms. The van der Waals surface area contributed by atoms with E-state index in [2.05, 4.69) is 5.32 Å². The minimum absolute atomic E-state index is 0.0377. The fourth-order valence-electron chi connectivity index (χ4n) is 2.65. The summed E-state index contributed by atoms with van der Waals surface area (Å²) in [6.45, 7) is 4.89. The zero-order valence-electron chi connectivity index (χ0n) is 15.7. The maximum atomic E-state index is 12.5. The molecule has 1 amide bonds. The predicted octanol–water partition coefficient (Wildman–Crippen LogP) is 3.76. The molecule has 144 valence electrons. The summed E-state index contributed by atoms with van der Waals surface area (Å²) in [5, 5.41) is 12.1. The largest absolute Gasteiger partial charge is 0.490 e. The number of carbonyl (C=O) groups excluding carboxylic acids is 1. The highest BCUT2D eigenvalue weighted by Crippen LogP contribution is 2.34. The van der Waals surface area contributed by atoms with Crippen molar-refractivity contribution in [2.45, 2.75) is 13.8 Å². The lowest BCUT2D eigenvalue weighted by molar-refractivity contribution is -0.112. The molecule has 7 heteroatoms. The molecule has 0 radical (unpaired) electrons. The number of anilines is 1. The minimum atomic E-state index is -0.520. The predicted molar refractivity (Wildman–Crippen MR) is 104 cm³/mol. The van der Waals surface area contributed by atoms with E-state index >= 15 is 0 Å². The molecule has 0 bridgehead atoms. The molecule has 0 aromatic heterocycles. The third-order valence-electron chi connectivity index (χ3n) is 3.87. The first kappa shape index (κ1) is 19.1. The minimum Gasteiger partial charge on any atom is -0.490 e. The summed E-state index contributed by atoms with van der Waals surface area (Å²) < 4.78 is 21.6. The molecule has 0 saturated carbocycles. The number of hydrogen-bond acceptors (Lipinski definition) is 6. The Morgan fingerprint density at radius 2 is 1.86 bits per heavy atom. The molecule has 2 aromatic carbocycles. The molecule has 0 spiro atoms. The standard InChI is InChI=1S/C21H20N2O5/c1-3-25-17-7-5-14(10-19(17)26-4-2)9-15(12-22)21(24)23-16-6-8-18-20(11-16)28-13-27-18/h5-11H,3-4,13H2,1-2H3,(H,23,24)/b15-9-. The van der Waals surface area contributed by atoms with Crippen molar-refractivity contribution >= 4 is 17.7 Å². The summed E-state index contributed by atoms with van der Waals surface area (Å²) in [6.07, 6.45) is 1.50. The van der Waals surface area contributed by atoms with Gasteiger partial charge >= 0.3 is 0 Å². The maximum Gasteiger partial charge on any atom is 0.266 e. The Kier molecular flexibility index (Phi) is 6.02. The Morgan fingerprint density at radius 3 is 2.61 bits per heavy atom. The highest BCUT2D eigenvalue weighted by Gasteiger charge is 2.16. The second-order valence-corrected chi connectivity index (χ2v) is 5.76. The number of nitriles is 1. The summed E-state index contributed by atoms with van der Waals surface area (Å²) in [6, 6.07) is 12.2. The number of nitrogens with one attached hydrogen (secondary N) is 1. The quantitative estimate of drug-likeness (QED) is 0.581. The molecule has 0 fully saturated rings. The monoisotopic (exact) mass is 380 g/mol. The van der Waals surface area contributed by atoms with E-state index in [1.807, 2.05) is 19.9 Å². The molecule has 0 unspecified atom stereocenters. The van der Waals surface area contributed by atoms with Crippen LogP contribution >= 0.6 is 0 Å². The number of hydrogen-bond donors (Lipinski definition) is 1. The molecule has 2 aromatic rings. The van der Waals surface area contributed by atoms with Gasteiger partial charge in [0.2, 0.25) is 6.79 Å². The van der Waals surface area contributed by atoms with E-state index in [-0.39, 0.29) is 12.4 Å². The van der Waals surface area contributed by atoms with Gasteiger partial charge in [0.05, 0.1) is 13.2 Å². The highest BCUT2D eigenvalue weighted by molar-refractivity contribution is 6.09. The highest BCUT2D eigenvalue weighted by atomic mass is 16.7. The van der Waals surface area contributed by atoms with Crippen LogP contribution in [0.3, 0.4) is 0 Å². The lowest BCUT2D eigenvalue weighted by atomic mass is 10.1. The number of fused-ring (bicyclic) bond motifs is 1. The van der Waals surface area contributed by atoms with Crippen LogP contribution in [0.1, 0.15) is 19.4 Å². The van der Waals surface area contributed by atoms with E-state index in [0.717, 1.165) is 0 Å². The molecule has 0 saturated heterocycles. The molecular formula is C21H20N2O5. The zero-order chi connectivity index (χ0) is 19.9. The Morgan fingerprint density at radius 1 is 1.11 bits per heavy atom. The second kappa shape index (κ2) is 8.82. The van der Waals surface area contributed by atoms with Crippen molar-refractivity contribution < 1.29 is 23.7 Å². The Bertz CT molecular complexity index is 946. The fraction of sp³-hybridized carbons (Fsp3) is 0.238. The smallest absolute Gasteiger partial charge is 0.266 e. The van der Waals surface area contributed by atoms with Crippen LogP contribution in [-0.4, -0.2) is 25.9 Å². The van der Waals surface area contributed by atoms with Crippen LogP contribution in [0.25, 0.3) is 6.08 Å². The third-order valence-corrected chi connectivity index (χ3v) is 3.87. The molecule has 3 rings (SSSR count). The van der Waals surface area contributed by atoms with Gasteiger partial charge < -0.3 is 24.3 Å². The van der Waals surface area contributed by atoms with Gasteiger partial charge in [0.1, 0.15) is 11.6 Å². The zero-order valence-corrected chi connectivity index (χ0v) is 15.7. The first-order valence-corrected chi connectivity index (χ1v) is 8.87. The molecule has 1 N–H and O–H groups in total. The maximum absolute atomic E-state index is 12.5. The number of ether oxygens (including phenoxy) is 4. The van der Waals surface area contributed by atoms with Crippen molar-refractivity contribution in [1.82, 2.24) is 0 Å². The third kappa shape index (κ3) is 4.35. The lowest BCUT2D eigenvalue weighted by Gasteiger charge is -2.11. The van der Waals surface area contributed by atoms with Gasteiger partial charge in [0.25, 0.3) is 5.91 Å². The summed E-state index contributed by atoms with van der Waals surface area (Å²) in [7, 11) is 0. The van der Waals surface area contributed by atoms with E-state index in [0.29, 0.717) is 47.5 Å². The molecule has 1 aliphatic rings. The second-order valence-electron chi connectivity index (χ2n) is 5.76. The van der Waals surface area contributed by atoms with Crippen molar-refractivity contribution in [3.8, 4) is 29.1 Å². The average molecular weight is 380 g/mol. The summed E-state index contributed by atoms with van der Waals surface area (Å²) >= 11 is 0.